The van der Waals surface area contributed by atoms with E-state index in [2.05, 4.69) is 0 Å². The van der Waals surface area contributed by atoms with E-state index < -0.39 is 36.3 Å². The van der Waals surface area contributed by atoms with Gasteiger partial charge in [0.25, 0.3) is 0 Å². The summed E-state index contributed by atoms with van der Waals surface area (Å²) >= 11 is 1.21. The summed E-state index contributed by atoms with van der Waals surface area (Å²) in [6.45, 7) is 4.00. The number of nitrogens with zero attached hydrogens (tertiary/aromatic N) is 1. The first kappa shape index (κ1) is 27.7. The van der Waals surface area contributed by atoms with Gasteiger partial charge in [0.2, 0.25) is 0 Å². The van der Waals surface area contributed by atoms with Crippen LogP contribution in [-0.2, 0) is 20.9 Å². The lowest BCUT2D eigenvalue weighted by atomic mass is 9.90. The van der Waals surface area contributed by atoms with Gasteiger partial charge in [-0.25, -0.2) is 4.79 Å². The van der Waals surface area contributed by atoms with Gasteiger partial charge in [-0.1, -0.05) is 13.8 Å². The average Bonchev–Trinajstić information content (AvgIpc) is 3.21. The first-order chi connectivity index (χ1) is 16.4. The quantitative estimate of drug-likeness (QED) is 0.139. The van der Waals surface area contributed by atoms with Crippen LogP contribution in [0, 0.1) is 17.2 Å². The molecule has 5 N–H and O–H groups in total. The molecule has 188 valence electrons. The van der Waals surface area contributed by atoms with E-state index in [9.17, 15) is 24.3 Å². The number of rotatable bonds is 13. The van der Waals surface area contributed by atoms with Crippen molar-refractivity contribution in [3.05, 3.63) is 51.7 Å². The number of carboxylic acids is 2. The van der Waals surface area contributed by atoms with Gasteiger partial charge in [-0.3, -0.25) is 24.7 Å². The summed E-state index contributed by atoms with van der Waals surface area (Å²) in [4.78, 5) is 50.7. The Labute approximate surface area is 206 Å². The van der Waals surface area contributed by atoms with Crippen LogP contribution < -0.4 is 10.5 Å². The highest BCUT2D eigenvalue weighted by molar-refractivity contribution is 7.13. The molecule has 0 bridgehead atoms. The Morgan fingerprint density at radius 2 is 1.69 bits per heavy atom. The van der Waals surface area contributed by atoms with Crippen LogP contribution in [0.25, 0.3) is 0 Å². The molecule has 0 unspecified atom stereocenters. The molecule has 0 amide bonds. The van der Waals surface area contributed by atoms with Crippen LogP contribution in [0.2, 0.25) is 0 Å². The summed E-state index contributed by atoms with van der Waals surface area (Å²) in [6, 6.07) is 9.00. The third kappa shape index (κ3) is 8.01. The number of carbonyl (C=O) groups excluding carboxylic acids is 2. The molecule has 0 spiro atoms. The lowest BCUT2D eigenvalue weighted by Crippen LogP contribution is -2.43. The number of ether oxygens (including phenoxy) is 1. The fourth-order valence-corrected chi connectivity index (χ4v) is 4.67. The van der Waals surface area contributed by atoms with Crippen molar-refractivity contribution >= 4 is 40.9 Å². The largest absolute Gasteiger partial charge is 0.481 e. The standard InChI is InChI=1S/C24H29N3O7S/c1-13(2)21(18(28)10-15(23(31)32)11-20(29)30)27(3)12-17-8-9-19(35-17)24(33)34-16-6-4-14(5-7-16)22(25)26/h4-9,13,15,21H,10-12H2,1-3H3,(H3,25,26)(H,29,30)(H,31,32)/t15-,21-/m0/s1. The Kier molecular flexibility index (Phi) is 9.67. The summed E-state index contributed by atoms with van der Waals surface area (Å²) in [5.74, 6) is -4.69. The average molecular weight is 504 g/mol. The number of likely N-dealkylation sites (N-methyl/N-ethyl adjacent to an activating group) is 1. The molecule has 0 aliphatic carbocycles. The van der Waals surface area contributed by atoms with Crippen molar-refractivity contribution in [2.75, 3.05) is 7.05 Å². The minimum atomic E-state index is -1.32. The van der Waals surface area contributed by atoms with E-state index >= 15 is 0 Å². The van der Waals surface area contributed by atoms with Gasteiger partial charge in [-0.15, -0.1) is 11.3 Å². The Balaban J connectivity index is 2.05. The van der Waals surface area contributed by atoms with Crippen LogP contribution in [-0.4, -0.2) is 57.7 Å². The second-order valence-electron chi connectivity index (χ2n) is 8.50. The van der Waals surface area contributed by atoms with E-state index in [-0.39, 0.29) is 24.0 Å². The zero-order valence-electron chi connectivity index (χ0n) is 19.7. The summed E-state index contributed by atoms with van der Waals surface area (Å²) in [5.41, 5.74) is 5.93. The molecule has 1 aromatic carbocycles. The number of nitrogen functional groups attached to an aromatic ring is 1. The highest BCUT2D eigenvalue weighted by Gasteiger charge is 2.32. The number of ketones is 1. The Morgan fingerprint density at radius 3 is 2.20 bits per heavy atom. The number of thiophene rings is 1. The van der Waals surface area contributed by atoms with E-state index in [0.717, 1.165) is 4.88 Å². The topological polar surface area (TPSA) is 171 Å². The minimum Gasteiger partial charge on any atom is -0.481 e. The normalized spacial score (nSPS) is 12.8. The lowest BCUT2D eigenvalue weighted by Gasteiger charge is -2.30. The molecule has 35 heavy (non-hydrogen) atoms. The molecule has 0 radical (unpaired) electrons. The number of amidine groups is 1. The number of carboxylic acid groups (broad SMARTS) is 2. The molecule has 11 heteroatoms. The summed E-state index contributed by atoms with van der Waals surface area (Å²) < 4.78 is 5.36. The van der Waals surface area contributed by atoms with Crippen molar-refractivity contribution in [1.29, 1.82) is 5.41 Å². The number of nitrogens with two attached hydrogens (primary N) is 1. The van der Waals surface area contributed by atoms with Crippen LogP contribution in [0.5, 0.6) is 5.75 Å². The minimum absolute atomic E-state index is 0.0894. The molecule has 0 saturated carbocycles. The first-order valence-electron chi connectivity index (χ1n) is 10.8. The van der Waals surface area contributed by atoms with Gasteiger partial charge in [0.1, 0.15) is 16.5 Å². The molecule has 10 nitrogen and oxygen atoms in total. The molecule has 1 heterocycles. The van der Waals surface area contributed by atoms with E-state index in [1.54, 1.807) is 48.3 Å². The van der Waals surface area contributed by atoms with Gasteiger partial charge < -0.3 is 20.7 Å². The van der Waals surface area contributed by atoms with E-state index in [0.29, 0.717) is 22.7 Å². The number of benzene rings is 1. The summed E-state index contributed by atoms with van der Waals surface area (Å²) in [7, 11) is 1.73. The molecule has 0 saturated heterocycles. The molecule has 0 aliphatic rings. The summed E-state index contributed by atoms with van der Waals surface area (Å²) in [5, 5.41) is 25.6. The Bertz CT molecular complexity index is 1090. The van der Waals surface area contributed by atoms with Crippen molar-refractivity contribution in [3.63, 3.8) is 0 Å². The molecule has 0 aliphatic heterocycles. The second-order valence-corrected chi connectivity index (χ2v) is 9.67. The SMILES string of the molecule is CC(C)[C@@H](C(=O)C[C@@H](CC(=O)O)C(=O)O)N(C)Cc1ccc(C(=O)Oc2ccc(C(=N)N)cc2)s1. The number of carbonyl (C=O) groups is 4. The predicted octanol–water partition coefficient (Wildman–Crippen LogP) is 2.84. The molecule has 2 rings (SSSR count). The van der Waals surface area contributed by atoms with Crippen LogP contribution in [0.4, 0.5) is 0 Å². The number of hydrogen-bond donors (Lipinski definition) is 4. The van der Waals surface area contributed by atoms with E-state index in [4.69, 9.17) is 21.0 Å². The maximum Gasteiger partial charge on any atom is 0.353 e. The van der Waals surface area contributed by atoms with Gasteiger partial charge >= 0.3 is 17.9 Å². The number of aliphatic carboxylic acids is 2. The van der Waals surface area contributed by atoms with Crippen LogP contribution in [0.1, 0.15) is 46.8 Å². The van der Waals surface area contributed by atoms with Gasteiger partial charge in [0.15, 0.2) is 5.78 Å². The molecule has 2 atom stereocenters. The smallest absolute Gasteiger partial charge is 0.353 e. The molecule has 0 fully saturated rings. The van der Waals surface area contributed by atoms with Gasteiger partial charge in [-0.2, -0.15) is 0 Å². The monoisotopic (exact) mass is 503 g/mol. The Morgan fingerprint density at radius 1 is 1.06 bits per heavy atom. The third-order valence-corrected chi connectivity index (χ3v) is 6.35. The van der Waals surface area contributed by atoms with Crippen molar-refractivity contribution in [1.82, 2.24) is 4.90 Å². The van der Waals surface area contributed by atoms with Crippen LogP contribution in [0.15, 0.2) is 36.4 Å². The van der Waals surface area contributed by atoms with Crippen molar-refractivity contribution in [2.45, 2.75) is 39.3 Å². The van der Waals surface area contributed by atoms with Gasteiger partial charge in [0.05, 0.1) is 18.4 Å². The number of hydrogen-bond acceptors (Lipinski definition) is 8. The number of nitrogens with one attached hydrogen (secondary N) is 1. The van der Waals surface area contributed by atoms with Crippen molar-refractivity contribution in [2.24, 2.45) is 17.6 Å². The Hall–Kier alpha value is -3.57. The van der Waals surface area contributed by atoms with Crippen molar-refractivity contribution in [3.8, 4) is 5.75 Å². The fraction of sp³-hybridized carbons (Fsp3) is 0.375. The molecular weight excluding hydrogens is 474 g/mol. The van der Waals surface area contributed by atoms with E-state index in [1.807, 2.05) is 13.8 Å². The number of Topliss-reactive ketones (excluding diaryl/α,β-unsaturated/α-hetero) is 1. The van der Waals surface area contributed by atoms with Crippen LogP contribution in [0.3, 0.4) is 0 Å². The third-order valence-electron chi connectivity index (χ3n) is 5.30. The van der Waals surface area contributed by atoms with Gasteiger partial charge in [-0.05, 0) is 49.4 Å². The maximum absolute atomic E-state index is 12.9. The summed E-state index contributed by atoms with van der Waals surface area (Å²) in [6.07, 6.45) is -0.997. The van der Waals surface area contributed by atoms with Crippen molar-refractivity contribution < 1.29 is 34.1 Å². The van der Waals surface area contributed by atoms with Gasteiger partial charge in [0, 0.05) is 23.4 Å². The highest BCUT2D eigenvalue weighted by Crippen LogP contribution is 2.24. The van der Waals surface area contributed by atoms with Crippen LogP contribution >= 0.6 is 11.3 Å². The molecule has 1 aromatic heterocycles. The van der Waals surface area contributed by atoms with E-state index in [1.165, 1.54) is 11.3 Å². The maximum atomic E-state index is 12.9. The number of esters is 1. The second kappa shape index (κ2) is 12.2. The zero-order chi connectivity index (χ0) is 26.3. The first-order valence-corrected chi connectivity index (χ1v) is 11.6. The fourth-order valence-electron chi connectivity index (χ4n) is 3.72. The lowest BCUT2D eigenvalue weighted by molar-refractivity contribution is -0.150. The predicted molar refractivity (Wildman–Crippen MR) is 130 cm³/mol. The molecular formula is C24H29N3O7S. The highest BCUT2D eigenvalue weighted by atomic mass is 32.1. The molecule has 2 aromatic rings. The zero-order valence-corrected chi connectivity index (χ0v) is 20.5.